The molecule has 0 aromatic carbocycles. The summed E-state index contributed by atoms with van der Waals surface area (Å²) in [5.74, 6) is 5.55. The standard InChI is InChI=1S/C17H19BrN2O/c18-16-3-1-2-15(19-16)17(21)20-7-13-9-4-5-10(14(13)8-20)12-6-11(9)12/h1-3,9-14H,4-8H2. The van der Waals surface area contributed by atoms with Crippen molar-refractivity contribution in [1.29, 1.82) is 0 Å². The Bertz CT molecular complexity index is 595. The van der Waals surface area contributed by atoms with Crippen molar-refractivity contribution in [2.75, 3.05) is 13.1 Å². The second-order valence-corrected chi connectivity index (χ2v) is 8.16. The molecule has 0 spiro atoms. The second kappa shape index (κ2) is 4.31. The molecule has 6 rings (SSSR count). The summed E-state index contributed by atoms with van der Waals surface area (Å²) in [4.78, 5) is 19.1. The Balaban J connectivity index is 1.40. The van der Waals surface area contributed by atoms with Crippen LogP contribution in [0.25, 0.3) is 0 Å². The fourth-order valence-corrected chi connectivity index (χ4v) is 6.06. The zero-order chi connectivity index (χ0) is 14.1. The maximum Gasteiger partial charge on any atom is 0.272 e. The largest absolute Gasteiger partial charge is 0.337 e. The van der Waals surface area contributed by atoms with Crippen molar-refractivity contribution in [1.82, 2.24) is 9.88 Å². The summed E-state index contributed by atoms with van der Waals surface area (Å²) in [6.45, 7) is 1.95. The summed E-state index contributed by atoms with van der Waals surface area (Å²) in [7, 11) is 0. The van der Waals surface area contributed by atoms with Crippen LogP contribution in [0.15, 0.2) is 22.8 Å². The van der Waals surface area contributed by atoms with E-state index in [4.69, 9.17) is 0 Å². The smallest absolute Gasteiger partial charge is 0.272 e. The highest BCUT2D eigenvalue weighted by molar-refractivity contribution is 9.10. The number of nitrogens with zero attached hydrogens (tertiary/aromatic N) is 2. The molecule has 1 amide bonds. The van der Waals surface area contributed by atoms with Crippen LogP contribution in [0.5, 0.6) is 0 Å². The molecule has 1 saturated heterocycles. The van der Waals surface area contributed by atoms with Gasteiger partial charge in [0.15, 0.2) is 0 Å². The Morgan fingerprint density at radius 3 is 2.33 bits per heavy atom. The van der Waals surface area contributed by atoms with E-state index in [1.54, 1.807) is 0 Å². The lowest BCUT2D eigenvalue weighted by atomic mass is 9.60. The van der Waals surface area contributed by atoms with Crippen LogP contribution in [0.2, 0.25) is 0 Å². The lowest BCUT2D eigenvalue weighted by Gasteiger charge is -2.44. The number of rotatable bonds is 1. The van der Waals surface area contributed by atoms with Gasteiger partial charge in [0, 0.05) is 13.1 Å². The van der Waals surface area contributed by atoms with Crippen LogP contribution in [0.3, 0.4) is 0 Å². The fourth-order valence-electron chi connectivity index (χ4n) is 5.71. The zero-order valence-corrected chi connectivity index (χ0v) is 13.5. The highest BCUT2D eigenvalue weighted by Gasteiger charge is 2.63. The van der Waals surface area contributed by atoms with Crippen LogP contribution in [0.1, 0.15) is 29.8 Å². The van der Waals surface area contributed by atoms with Crippen molar-refractivity contribution in [3.8, 4) is 0 Å². The average Bonchev–Trinajstić information content (AvgIpc) is 3.19. The van der Waals surface area contributed by atoms with E-state index in [1.807, 2.05) is 18.2 Å². The van der Waals surface area contributed by atoms with E-state index in [-0.39, 0.29) is 5.91 Å². The molecule has 21 heavy (non-hydrogen) atoms. The van der Waals surface area contributed by atoms with E-state index < -0.39 is 0 Å². The first kappa shape index (κ1) is 12.6. The Hall–Kier alpha value is -0.900. The Morgan fingerprint density at radius 1 is 1.05 bits per heavy atom. The lowest BCUT2D eigenvalue weighted by Crippen LogP contribution is -2.40. The molecule has 0 N–H and O–H groups in total. The number of pyridine rings is 1. The molecule has 110 valence electrons. The highest BCUT2D eigenvalue weighted by Crippen LogP contribution is 2.67. The molecule has 1 aromatic heterocycles. The van der Waals surface area contributed by atoms with Crippen molar-refractivity contribution < 1.29 is 4.79 Å². The van der Waals surface area contributed by atoms with Crippen molar-refractivity contribution in [3.05, 3.63) is 28.5 Å². The van der Waals surface area contributed by atoms with Gasteiger partial charge in [-0.2, -0.15) is 0 Å². The maximum atomic E-state index is 12.7. The first-order valence-electron chi connectivity index (χ1n) is 8.14. The van der Waals surface area contributed by atoms with E-state index in [0.29, 0.717) is 5.69 Å². The monoisotopic (exact) mass is 346 g/mol. The van der Waals surface area contributed by atoms with Gasteiger partial charge in [0.2, 0.25) is 0 Å². The molecule has 1 aromatic rings. The van der Waals surface area contributed by atoms with Gasteiger partial charge in [-0.15, -0.1) is 0 Å². The quantitative estimate of drug-likeness (QED) is 0.731. The summed E-state index contributed by atoms with van der Waals surface area (Å²) < 4.78 is 0.742. The van der Waals surface area contributed by atoms with Crippen LogP contribution in [0.4, 0.5) is 0 Å². The minimum atomic E-state index is 0.124. The van der Waals surface area contributed by atoms with E-state index in [1.165, 1.54) is 19.3 Å². The first-order chi connectivity index (χ1) is 10.2. The fraction of sp³-hybridized carbons (Fsp3) is 0.647. The Labute approximate surface area is 133 Å². The van der Waals surface area contributed by atoms with Gasteiger partial charge in [-0.1, -0.05) is 6.07 Å². The predicted octanol–water partition coefficient (Wildman–Crippen LogP) is 3.21. The zero-order valence-electron chi connectivity index (χ0n) is 11.9. The third-order valence-corrected chi connectivity index (χ3v) is 7.00. The summed E-state index contributed by atoms with van der Waals surface area (Å²) in [6, 6.07) is 5.60. The van der Waals surface area contributed by atoms with Gasteiger partial charge in [0.05, 0.1) is 0 Å². The van der Waals surface area contributed by atoms with Crippen LogP contribution >= 0.6 is 15.9 Å². The summed E-state index contributed by atoms with van der Waals surface area (Å²) in [5, 5.41) is 0. The number of hydrogen-bond donors (Lipinski definition) is 0. The molecule has 3 nitrogen and oxygen atoms in total. The molecular weight excluding hydrogens is 328 g/mol. The van der Waals surface area contributed by atoms with Gasteiger partial charge in [-0.05, 0) is 82.8 Å². The SMILES string of the molecule is O=C(c1cccc(Br)n1)N1CC2C3CCC(C4CC34)C2C1. The van der Waals surface area contributed by atoms with Crippen LogP contribution in [-0.4, -0.2) is 28.9 Å². The first-order valence-corrected chi connectivity index (χ1v) is 8.93. The Kier molecular flexibility index (Phi) is 2.59. The molecular formula is C17H19BrN2O. The number of aromatic nitrogens is 1. The molecule has 4 saturated carbocycles. The lowest BCUT2D eigenvalue weighted by molar-refractivity contribution is 0.0464. The van der Waals surface area contributed by atoms with E-state index in [0.717, 1.165) is 53.2 Å². The van der Waals surface area contributed by atoms with Gasteiger partial charge in [-0.25, -0.2) is 4.98 Å². The van der Waals surface area contributed by atoms with Gasteiger partial charge in [0.25, 0.3) is 5.91 Å². The minimum Gasteiger partial charge on any atom is -0.337 e. The number of likely N-dealkylation sites (tertiary alicyclic amines) is 1. The highest BCUT2D eigenvalue weighted by atomic mass is 79.9. The average molecular weight is 347 g/mol. The molecule has 1 aliphatic heterocycles. The third-order valence-electron chi connectivity index (χ3n) is 6.56. The molecule has 4 heteroatoms. The molecule has 2 bridgehead atoms. The van der Waals surface area contributed by atoms with Crippen LogP contribution in [-0.2, 0) is 0 Å². The summed E-state index contributed by atoms with van der Waals surface area (Å²) in [5.41, 5.74) is 0.584. The summed E-state index contributed by atoms with van der Waals surface area (Å²) in [6.07, 6.45) is 4.33. The number of hydrogen-bond acceptors (Lipinski definition) is 2. The van der Waals surface area contributed by atoms with Crippen LogP contribution < -0.4 is 0 Å². The van der Waals surface area contributed by atoms with Crippen molar-refractivity contribution >= 4 is 21.8 Å². The van der Waals surface area contributed by atoms with Gasteiger partial charge >= 0.3 is 0 Å². The topological polar surface area (TPSA) is 33.2 Å². The number of carbonyl (C=O) groups is 1. The third kappa shape index (κ3) is 1.77. The normalized spacial score (nSPS) is 42.6. The molecule has 6 unspecified atom stereocenters. The number of halogens is 1. The van der Waals surface area contributed by atoms with Crippen molar-refractivity contribution in [3.63, 3.8) is 0 Å². The van der Waals surface area contributed by atoms with E-state index in [9.17, 15) is 4.79 Å². The van der Waals surface area contributed by atoms with Crippen LogP contribution in [0, 0.1) is 35.5 Å². The number of carbonyl (C=O) groups excluding carboxylic acids is 1. The van der Waals surface area contributed by atoms with Gasteiger partial charge in [0.1, 0.15) is 10.3 Å². The number of amides is 1. The Morgan fingerprint density at radius 2 is 1.71 bits per heavy atom. The second-order valence-electron chi connectivity index (χ2n) is 7.35. The maximum absolute atomic E-state index is 12.7. The number of fused-ring (bicyclic) bond motifs is 1. The van der Waals surface area contributed by atoms with Gasteiger partial charge in [-0.3, -0.25) is 4.79 Å². The van der Waals surface area contributed by atoms with Crippen molar-refractivity contribution in [2.24, 2.45) is 35.5 Å². The van der Waals surface area contributed by atoms with E-state index >= 15 is 0 Å². The molecule has 2 heterocycles. The molecule has 0 radical (unpaired) electrons. The molecule has 5 fully saturated rings. The van der Waals surface area contributed by atoms with Crippen molar-refractivity contribution in [2.45, 2.75) is 19.3 Å². The molecule has 6 atom stereocenters. The molecule has 5 aliphatic rings. The van der Waals surface area contributed by atoms with E-state index in [2.05, 4.69) is 25.8 Å². The minimum absolute atomic E-state index is 0.124. The predicted molar refractivity (Wildman–Crippen MR) is 82.6 cm³/mol. The molecule has 4 aliphatic carbocycles. The summed E-state index contributed by atoms with van der Waals surface area (Å²) >= 11 is 3.36. The van der Waals surface area contributed by atoms with Gasteiger partial charge < -0.3 is 4.90 Å².